The summed E-state index contributed by atoms with van der Waals surface area (Å²) in [5, 5.41) is 0. The van der Waals surface area contributed by atoms with Gasteiger partial charge in [-0.25, -0.2) is 8.42 Å². The topological polar surface area (TPSA) is 90.2 Å². The zero-order chi connectivity index (χ0) is 20.9. The van der Waals surface area contributed by atoms with E-state index in [0.717, 1.165) is 5.56 Å². The number of nitrogens with zero attached hydrogens (tertiary/aromatic N) is 2. The van der Waals surface area contributed by atoms with Crippen LogP contribution in [0.2, 0.25) is 0 Å². The third-order valence-electron chi connectivity index (χ3n) is 4.77. The minimum atomic E-state index is -3.79. The Balaban J connectivity index is 2.02. The van der Waals surface area contributed by atoms with Gasteiger partial charge in [-0.1, -0.05) is 32.9 Å². The Morgan fingerprint density at radius 1 is 0.821 bits per heavy atom. The number of hydrogen-bond donors (Lipinski definition) is 1. The van der Waals surface area contributed by atoms with Gasteiger partial charge in [0.05, 0.1) is 21.6 Å². The average Bonchev–Trinajstić information content (AvgIpc) is 2.63. The predicted molar refractivity (Wildman–Crippen MR) is 110 cm³/mol. The van der Waals surface area contributed by atoms with Crippen molar-refractivity contribution in [3.63, 3.8) is 0 Å². The number of fused-ring (bicyclic) bond motifs is 1. The largest absolute Gasteiger partial charge is 0.316 e. The number of anilines is 1. The summed E-state index contributed by atoms with van der Waals surface area (Å²) in [5.41, 5.74) is 0.943. The van der Waals surface area contributed by atoms with Crippen LogP contribution in [0.25, 0.3) is 11.0 Å². The van der Waals surface area contributed by atoms with Crippen LogP contribution < -0.4 is 15.8 Å². The number of hydrogen-bond acceptors (Lipinski definition) is 4. The molecule has 7 nitrogen and oxygen atoms in total. The molecule has 0 unspecified atom stereocenters. The maximum absolute atomic E-state index is 12.7. The first-order valence-corrected chi connectivity index (χ1v) is 10.2. The molecule has 0 fully saturated rings. The van der Waals surface area contributed by atoms with Gasteiger partial charge < -0.3 is 9.13 Å². The van der Waals surface area contributed by atoms with Crippen molar-refractivity contribution >= 4 is 26.7 Å². The lowest BCUT2D eigenvalue weighted by atomic mass is 9.87. The van der Waals surface area contributed by atoms with E-state index in [9.17, 15) is 18.0 Å². The number of nitrogens with one attached hydrogen (secondary N) is 1. The van der Waals surface area contributed by atoms with Gasteiger partial charge in [0, 0.05) is 14.1 Å². The van der Waals surface area contributed by atoms with Gasteiger partial charge in [-0.2, -0.15) is 0 Å². The maximum atomic E-state index is 12.7. The fourth-order valence-corrected chi connectivity index (χ4v) is 4.04. The second-order valence-corrected chi connectivity index (χ2v) is 9.49. The van der Waals surface area contributed by atoms with Crippen LogP contribution in [0.4, 0.5) is 5.69 Å². The zero-order valence-electron chi connectivity index (χ0n) is 16.5. The van der Waals surface area contributed by atoms with Crippen molar-refractivity contribution in [3.05, 3.63) is 68.7 Å². The fraction of sp³-hybridized carbons (Fsp3) is 0.300. The Morgan fingerprint density at radius 3 is 1.89 bits per heavy atom. The molecule has 3 aromatic rings. The first kappa shape index (κ1) is 19.9. The highest BCUT2D eigenvalue weighted by molar-refractivity contribution is 7.92. The van der Waals surface area contributed by atoms with E-state index in [4.69, 9.17) is 0 Å². The molecule has 0 aliphatic rings. The lowest BCUT2D eigenvalue weighted by molar-refractivity contribution is 0.587. The first-order valence-electron chi connectivity index (χ1n) is 8.75. The summed E-state index contributed by atoms with van der Waals surface area (Å²) >= 11 is 0. The predicted octanol–water partition coefficient (Wildman–Crippen LogP) is 2.34. The van der Waals surface area contributed by atoms with Crippen molar-refractivity contribution in [1.82, 2.24) is 9.13 Å². The summed E-state index contributed by atoms with van der Waals surface area (Å²) in [4.78, 5) is 24.1. The number of benzene rings is 2. The van der Waals surface area contributed by atoms with E-state index in [2.05, 4.69) is 25.5 Å². The van der Waals surface area contributed by atoms with Gasteiger partial charge in [0.25, 0.3) is 10.0 Å². The lowest BCUT2D eigenvalue weighted by Crippen LogP contribution is -2.39. The van der Waals surface area contributed by atoms with Crippen LogP contribution in [0.5, 0.6) is 0 Å². The van der Waals surface area contributed by atoms with E-state index >= 15 is 0 Å². The molecule has 1 aromatic heterocycles. The van der Waals surface area contributed by atoms with Gasteiger partial charge in [-0.05, 0) is 41.3 Å². The first-order chi connectivity index (χ1) is 12.9. The zero-order valence-corrected chi connectivity index (χ0v) is 17.3. The standard InChI is InChI=1S/C20H23N3O4S/c1-20(2,3)13-6-9-15(10-7-13)28(26,27)21-14-8-11-16-17(12-14)23(5)19(25)18(24)22(16)4/h6-12,21H,1-5H3. The Morgan fingerprint density at radius 2 is 1.36 bits per heavy atom. The van der Waals surface area contributed by atoms with Crippen molar-refractivity contribution in [2.24, 2.45) is 14.1 Å². The monoisotopic (exact) mass is 401 g/mol. The van der Waals surface area contributed by atoms with E-state index in [1.54, 1.807) is 36.4 Å². The van der Waals surface area contributed by atoms with Crippen molar-refractivity contribution in [1.29, 1.82) is 0 Å². The van der Waals surface area contributed by atoms with E-state index in [1.165, 1.54) is 29.3 Å². The summed E-state index contributed by atoms with van der Waals surface area (Å²) in [7, 11) is -0.803. The van der Waals surface area contributed by atoms with Crippen molar-refractivity contribution < 1.29 is 8.42 Å². The highest BCUT2D eigenvalue weighted by Gasteiger charge is 2.18. The fourth-order valence-electron chi connectivity index (χ4n) is 2.99. The van der Waals surface area contributed by atoms with Crippen LogP contribution >= 0.6 is 0 Å². The summed E-state index contributed by atoms with van der Waals surface area (Å²) in [6, 6.07) is 11.5. The molecule has 0 aliphatic heterocycles. The second kappa shape index (κ2) is 6.63. The van der Waals surface area contributed by atoms with Crippen molar-refractivity contribution in [2.45, 2.75) is 31.1 Å². The maximum Gasteiger partial charge on any atom is 0.316 e. The van der Waals surface area contributed by atoms with Gasteiger partial charge in [-0.15, -0.1) is 0 Å². The van der Waals surface area contributed by atoms with E-state index < -0.39 is 21.1 Å². The van der Waals surface area contributed by atoms with Gasteiger partial charge in [0.15, 0.2) is 0 Å². The Hall–Kier alpha value is -2.87. The van der Waals surface area contributed by atoms with Crippen LogP contribution in [0, 0.1) is 0 Å². The Kier molecular flexibility index (Phi) is 4.71. The molecule has 0 saturated heterocycles. The molecule has 2 aromatic carbocycles. The molecule has 0 amide bonds. The average molecular weight is 401 g/mol. The molecule has 148 valence electrons. The van der Waals surface area contributed by atoms with E-state index in [-0.39, 0.29) is 10.3 Å². The summed E-state index contributed by atoms with van der Waals surface area (Å²) in [6.07, 6.45) is 0. The van der Waals surface area contributed by atoms with Crippen LogP contribution in [0.15, 0.2) is 56.9 Å². The number of sulfonamides is 1. The van der Waals surface area contributed by atoms with E-state index in [0.29, 0.717) is 16.7 Å². The second-order valence-electron chi connectivity index (χ2n) is 7.81. The highest BCUT2D eigenvalue weighted by atomic mass is 32.2. The molecule has 1 N–H and O–H groups in total. The summed E-state index contributed by atoms with van der Waals surface area (Å²) in [6.45, 7) is 6.17. The van der Waals surface area contributed by atoms with E-state index in [1.807, 2.05) is 0 Å². The number of aromatic nitrogens is 2. The van der Waals surface area contributed by atoms with Crippen molar-refractivity contribution in [2.75, 3.05) is 4.72 Å². The molecular formula is C20H23N3O4S. The molecule has 1 heterocycles. The van der Waals surface area contributed by atoms with Gasteiger partial charge in [0.2, 0.25) is 0 Å². The third-order valence-corrected chi connectivity index (χ3v) is 6.17. The summed E-state index contributed by atoms with van der Waals surface area (Å²) in [5.74, 6) is 0. The Bertz CT molecular complexity index is 1280. The molecule has 0 radical (unpaired) electrons. The van der Waals surface area contributed by atoms with Crippen LogP contribution in [-0.2, 0) is 29.5 Å². The molecule has 0 spiro atoms. The normalized spacial score (nSPS) is 12.3. The molecule has 0 bridgehead atoms. The van der Waals surface area contributed by atoms with Gasteiger partial charge >= 0.3 is 11.1 Å². The third kappa shape index (κ3) is 3.47. The Labute approximate surface area is 163 Å². The molecular weight excluding hydrogens is 378 g/mol. The van der Waals surface area contributed by atoms with Crippen LogP contribution in [0.3, 0.4) is 0 Å². The lowest BCUT2D eigenvalue weighted by Gasteiger charge is -2.19. The minimum Gasteiger partial charge on any atom is -0.305 e. The van der Waals surface area contributed by atoms with Gasteiger partial charge in [0.1, 0.15) is 0 Å². The van der Waals surface area contributed by atoms with Crippen LogP contribution in [-0.4, -0.2) is 17.6 Å². The van der Waals surface area contributed by atoms with Crippen LogP contribution in [0.1, 0.15) is 26.3 Å². The molecule has 28 heavy (non-hydrogen) atoms. The number of rotatable bonds is 3. The quantitative estimate of drug-likeness (QED) is 0.682. The molecule has 3 rings (SSSR count). The smallest absolute Gasteiger partial charge is 0.305 e. The molecule has 0 atom stereocenters. The SMILES string of the molecule is Cn1c(=O)c(=O)n(C)c2cc(NS(=O)(=O)c3ccc(C(C)(C)C)cc3)ccc21. The molecule has 0 aliphatic carbocycles. The number of aryl methyl sites for hydroxylation is 2. The van der Waals surface area contributed by atoms with Crippen molar-refractivity contribution in [3.8, 4) is 0 Å². The molecule has 0 saturated carbocycles. The van der Waals surface area contributed by atoms with Gasteiger partial charge in [-0.3, -0.25) is 14.3 Å². The minimum absolute atomic E-state index is 0.0746. The highest BCUT2D eigenvalue weighted by Crippen LogP contribution is 2.25. The molecule has 8 heteroatoms. The summed E-state index contributed by atoms with van der Waals surface area (Å²) < 4.78 is 30.5.